The minimum absolute atomic E-state index is 0.0271. The Balaban J connectivity index is 1.71. The molecular formula is C17H26FN3O2. The summed E-state index contributed by atoms with van der Waals surface area (Å²) in [5.74, 6) is -0.296. The third-order valence-electron chi connectivity index (χ3n) is 4.32. The Kier molecular flexibility index (Phi) is 6.50. The first kappa shape index (κ1) is 17.8. The maximum absolute atomic E-state index is 12.8. The summed E-state index contributed by atoms with van der Waals surface area (Å²) in [6.45, 7) is 2.54. The molecule has 2 atom stereocenters. The average molecular weight is 323 g/mol. The van der Waals surface area contributed by atoms with Gasteiger partial charge in [0.2, 0.25) is 5.91 Å². The van der Waals surface area contributed by atoms with Crippen molar-refractivity contribution >= 4 is 5.91 Å². The third kappa shape index (κ3) is 5.57. The zero-order chi connectivity index (χ0) is 16.8. The van der Waals surface area contributed by atoms with E-state index in [-0.39, 0.29) is 17.8 Å². The van der Waals surface area contributed by atoms with Crippen LogP contribution < -0.4 is 5.32 Å². The third-order valence-corrected chi connectivity index (χ3v) is 4.32. The van der Waals surface area contributed by atoms with Crippen LogP contribution in [0, 0.1) is 5.82 Å². The van der Waals surface area contributed by atoms with Crippen LogP contribution in [0.4, 0.5) is 4.39 Å². The van der Waals surface area contributed by atoms with Crippen molar-refractivity contribution in [2.45, 2.75) is 25.1 Å². The molecule has 0 aliphatic carbocycles. The van der Waals surface area contributed by atoms with Gasteiger partial charge in [-0.15, -0.1) is 0 Å². The van der Waals surface area contributed by atoms with Gasteiger partial charge in [0, 0.05) is 32.8 Å². The van der Waals surface area contributed by atoms with Gasteiger partial charge >= 0.3 is 0 Å². The summed E-state index contributed by atoms with van der Waals surface area (Å²) in [4.78, 5) is 16.3. The van der Waals surface area contributed by atoms with Crippen LogP contribution in [0.15, 0.2) is 24.3 Å². The molecule has 1 aliphatic rings. The molecule has 1 heterocycles. The number of benzene rings is 1. The van der Waals surface area contributed by atoms with E-state index in [4.69, 9.17) is 4.74 Å². The lowest BCUT2D eigenvalue weighted by Crippen LogP contribution is -2.41. The van der Waals surface area contributed by atoms with Crippen molar-refractivity contribution in [2.24, 2.45) is 0 Å². The van der Waals surface area contributed by atoms with Crippen molar-refractivity contribution in [1.82, 2.24) is 15.1 Å². The van der Waals surface area contributed by atoms with Crippen LogP contribution in [-0.4, -0.2) is 68.7 Å². The molecule has 5 nitrogen and oxygen atoms in total. The zero-order valence-electron chi connectivity index (χ0n) is 14.1. The minimum Gasteiger partial charge on any atom is -0.380 e. The van der Waals surface area contributed by atoms with E-state index in [0.717, 1.165) is 25.1 Å². The van der Waals surface area contributed by atoms with Crippen molar-refractivity contribution in [2.75, 3.05) is 40.8 Å². The minimum atomic E-state index is -0.269. The summed E-state index contributed by atoms with van der Waals surface area (Å²) in [7, 11) is 5.78. The molecule has 0 aromatic heterocycles. The second kappa shape index (κ2) is 8.38. The Labute approximate surface area is 137 Å². The van der Waals surface area contributed by atoms with Crippen LogP contribution in [0.2, 0.25) is 0 Å². The highest BCUT2D eigenvalue weighted by Gasteiger charge is 2.30. The molecule has 0 spiro atoms. The number of carbonyl (C=O) groups excluding carboxylic acids is 1. The second-order valence-corrected chi connectivity index (χ2v) is 6.29. The second-order valence-electron chi connectivity index (χ2n) is 6.29. The van der Waals surface area contributed by atoms with Crippen LogP contribution in [0.3, 0.4) is 0 Å². The Morgan fingerprint density at radius 1 is 1.43 bits per heavy atom. The summed E-state index contributed by atoms with van der Waals surface area (Å²) in [5, 5.41) is 2.86. The molecule has 2 rings (SSSR count). The monoisotopic (exact) mass is 323 g/mol. The topological polar surface area (TPSA) is 44.8 Å². The number of methoxy groups -OCH3 is 1. The Bertz CT molecular complexity index is 509. The number of rotatable bonds is 7. The molecule has 0 radical (unpaired) electrons. The maximum atomic E-state index is 12.8. The molecule has 0 saturated carbocycles. The Morgan fingerprint density at radius 3 is 2.74 bits per heavy atom. The van der Waals surface area contributed by atoms with Gasteiger partial charge in [0.25, 0.3) is 0 Å². The van der Waals surface area contributed by atoms with Gasteiger partial charge in [0.1, 0.15) is 5.82 Å². The van der Waals surface area contributed by atoms with E-state index in [9.17, 15) is 9.18 Å². The van der Waals surface area contributed by atoms with Crippen molar-refractivity contribution in [3.63, 3.8) is 0 Å². The first-order chi connectivity index (χ1) is 11.0. The molecule has 1 fully saturated rings. The van der Waals surface area contributed by atoms with E-state index in [1.807, 2.05) is 11.9 Å². The molecule has 1 amide bonds. The van der Waals surface area contributed by atoms with Crippen LogP contribution in [-0.2, 0) is 16.1 Å². The molecular weight excluding hydrogens is 297 g/mol. The highest BCUT2D eigenvalue weighted by molar-refractivity contribution is 5.77. The molecule has 1 aliphatic heterocycles. The molecule has 0 bridgehead atoms. The average Bonchev–Trinajstić information content (AvgIpc) is 2.87. The summed E-state index contributed by atoms with van der Waals surface area (Å²) < 4.78 is 18.2. The van der Waals surface area contributed by atoms with E-state index in [1.54, 1.807) is 19.2 Å². The SMILES string of the molecule is CO[C@H]1C[C@@H](CN(C)CC(=O)NCc2ccc(F)cc2)N(C)C1. The number of ether oxygens (including phenoxy) is 1. The van der Waals surface area contributed by atoms with E-state index in [2.05, 4.69) is 17.3 Å². The molecule has 1 saturated heterocycles. The normalized spacial score (nSPS) is 21.8. The lowest BCUT2D eigenvalue weighted by Gasteiger charge is -2.25. The fourth-order valence-electron chi connectivity index (χ4n) is 2.94. The molecule has 1 aromatic carbocycles. The predicted octanol–water partition coefficient (Wildman–Crippen LogP) is 1.09. The quantitative estimate of drug-likeness (QED) is 0.816. The number of amides is 1. The van der Waals surface area contributed by atoms with Gasteiger partial charge in [-0.2, -0.15) is 0 Å². The molecule has 1 N–H and O–H groups in total. The maximum Gasteiger partial charge on any atom is 0.234 e. The van der Waals surface area contributed by atoms with Crippen LogP contribution >= 0.6 is 0 Å². The zero-order valence-corrected chi connectivity index (χ0v) is 14.1. The van der Waals surface area contributed by atoms with Gasteiger partial charge in [0.15, 0.2) is 0 Å². The van der Waals surface area contributed by atoms with Crippen molar-refractivity contribution in [3.8, 4) is 0 Å². The van der Waals surface area contributed by atoms with E-state index in [0.29, 0.717) is 19.1 Å². The number of carbonyl (C=O) groups is 1. The van der Waals surface area contributed by atoms with Crippen LogP contribution in [0.1, 0.15) is 12.0 Å². The molecule has 1 aromatic rings. The van der Waals surface area contributed by atoms with Crippen LogP contribution in [0.25, 0.3) is 0 Å². The lowest BCUT2D eigenvalue weighted by molar-refractivity contribution is -0.122. The van der Waals surface area contributed by atoms with Gasteiger partial charge in [-0.25, -0.2) is 4.39 Å². The van der Waals surface area contributed by atoms with Crippen molar-refractivity contribution < 1.29 is 13.9 Å². The number of nitrogens with one attached hydrogen (secondary N) is 1. The number of halogens is 1. The largest absolute Gasteiger partial charge is 0.380 e. The fourth-order valence-corrected chi connectivity index (χ4v) is 2.94. The number of likely N-dealkylation sites (N-methyl/N-ethyl adjacent to an activating group) is 2. The fraction of sp³-hybridized carbons (Fsp3) is 0.588. The Hall–Kier alpha value is -1.50. The first-order valence-electron chi connectivity index (χ1n) is 7.90. The van der Waals surface area contributed by atoms with Gasteiger partial charge < -0.3 is 10.1 Å². The summed E-state index contributed by atoms with van der Waals surface area (Å²) in [5.41, 5.74) is 0.890. The number of hydrogen-bond donors (Lipinski definition) is 1. The predicted molar refractivity (Wildman–Crippen MR) is 87.6 cm³/mol. The molecule has 0 unspecified atom stereocenters. The van der Waals surface area contributed by atoms with E-state index < -0.39 is 0 Å². The highest BCUT2D eigenvalue weighted by Crippen LogP contribution is 2.18. The lowest BCUT2D eigenvalue weighted by atomic mass is 10.2. The summed E-state index contributed by atoms with van der Waals surface area (Å²) >= 11 is 0. The van der Waals surface area contributed by atoms with Crippen molar-refractivity contribution in [3.05, 3.63) is 35.6 Å². The highest BCUT2D eigenvalue weighted by atomic mass is 19.1. The van der Waals surface area contributed by atoms with Crippen molar-refractivity contribution in [1.29, 1.82) is 0 Å². The standard InChI is InChI=1S/C17H26FN3O2/c1-20(10-15-8-16(23-3)11-21(15)2)12-17(22)19-9-13-4-6-14(18)7-5-13/h4-7,15-16H,8-12H2,1-3H3,(H,19,22)/t15-,16-/m0/s1. The van der Waals surface area contributed by atoms with Gasteiger partial charge in [-0.3, -0.25) is 14.6 Å². The van der Waals surface area contributed by atoms with Crippen LogP contribution in [0.5, 0.6) is 0 Å². The van der Waals surface area contributed by atoms with E-state index in [1.165, 1.54) is 12.1 Å². The van der Waals surface area contributed by atoms with Gasteiger partial charge in [-0.1, -0.05) is 12.1 Å². The molecule has 23 heavy (non-hydrogen) atoms. The number of nitrogens with zero attached hydrogens (tertiary/aromatic N) is 2. The summed E-state index contributed by atoms with van der Waals surface area (Å²) in [6, 6.07) is 6.57. The van der Waals surface area contributed by atoms with Gasteiger partial charge in [-0.05, 0) is 38.2 Å². The number of likely N-dealkylation sites (tertiary alicyclic amines) is 1. The van der Waals surface area contributed by atoms with Gasteiger partial charge in [0.05, 0.1) is 12.6 Å². The molecule has 6 heteroatoms. The smallest absolute Gasteiger partial charge is 0.234 e. The van der Waals surface area contributed by atoms with E-state index >= 15 is 0 Å². The molecule has 128 valence electrons. The number of hydrogen-bond acceptors (Lipinski definition) is 4. The summed E-state index contributed by atoms with van der Waals surface area (Å²) in [6.07, 6.45) is 1.28. The Morgan fingerprint density at radius 2 is 2.13 bits per heavy atom. The first-order valence-corrected chi connectivity index (χ1v) is 7.90.